The molecule has 2 saturated heterocycles. The van der Waals surface area contributed by atoms with E-state index in [1.807, 2.05) is 41.0 Å². The maximum Gasteiger partial charge on any atom is 0.263 e. The van der Waals surface area contributed by atoms with Crippen molar-refractivity contribution in [2.24, 2.45) is 5.92 Å². The molecule has 0 bridgehead atoms. The van der Waals surface area contributed by atoms with Gasteiger partial charge in [-0.05, 0) is 51.4 Å². The van der Waals surface area contributed by atoms with Gasteiger partial charge < -0.3 is 19.9 Å². The molecule has 2 fully saturated rings. The summed E-state index contributed by atoms with van der Waals surface area (Å²) in [6.07, 6.45) is 1.31. The van der Waals surface area contributed by atoms with Crippen molar-refractivity contribution in [3.05, 3.63) is 29.8 Å². The molecule has 150 valence electrons. The van der Waals surface area contributed by atoms with E-state index in [4.69, 9.17) is 4.74 Å². The summed E-state index contributed by atoms with van der Waals surface area (Å²) in [5.74, 6) is 1.12. The zero-order valence-electron chi connectivity index (χ0n) is 16.1. The number of halogens is 1. The number of hydrogen-bond donors (Lipinski definition) is 1. The number of hydrogen-bond acceptors (Lipinski definition) is 4. The van der Waals surface area contributed by atoms with Gasteiger partial charge in [0.2, 0.25) is 5.91 Å². The number of benzene rings is 1. The van der Waals surface area contributed by atoms with Crippen molar-refractivity contribution in [1.29, 1.82) is 0 Å². The molecular formula is C20H30ClN3O3. The number of carbonyl (C=O) groups is 2. The van der Waals surface area contributed by atoms with Gasteiger partial charge in [0, 0.05) is 32.1 Å². The molecule has 2 aliphatic rings. The molecule has 2 aliphatic heterocycles. The number of piperazine rings is 1. The van der Waals surface area contributed by atoms with Crippen LogP contribution in [0.1, 0.15) is 25.3 Å². The fraction of sp³-hybridized carbons (Fsp3) is 0.600. The lowest BCUT2D eigenvalue weighted by Crippen LogP contribution is -2.54. The van der Waals surface area contributed by atoms with E-state index >= 15 is 0 Å². The van der Waals surface area contributed by atoms with Gasteiger partial charge in [-0.25, -0.2) is 0 Å². The molecule has 1 atom stereocenters. The number of ether oxygens (including phenoxy) is 1. The lowest BCUT2D eigenvalue weighted by molar-refractivity contribution is -0.145. The van der Waals surface area contributed by atoms with Gasteiger partial charge in [-0.15, -0.1) is 12.4 Å². The molecule has 1 aromatic rings. The Morgan fingerprint density at radius 3 is 2.30 bits per heavy atom. The first-order valence-corrected chi connectivity index (χ1v) is 9.57. The second-order valence-corrected chi connectivity index (χ2v) is 7.20. The number of rotatable bonds is 4. The number of carbonyl (C=O) groups excluding carboxylic acids is 2. The number of para-hydroxylation sites is 1. The highest BCUT2D eigenvalue weighted by atomic mass is 35.5. The van der Waals surface area contributed by atoms with Gasteiger partial charge in [-0.2, -0.15) is 0 Å². The van der Waals surface area contributed by atoms with Gasteiger partial charge in [-0.3, -0.25) is 9.59 Å². The van der Waals surface area contributed by atoms with E-state index < -0.39 is 6.10 Å². The Morgan fingerprint density at radius 2 is 1.67 bits per heavy atom. The van der Waals surface area contributed by atoms with Gasteiger partial charge >= 0.3 is 0 Å². The van der Waals surface area contributed by atoms with Crippen LogP contribution < -0.4 is 10.1 Å². The predicted octanol–water partition coefficient (Wildman–Crippen LogP) is 1.85. The average molecular weight is 396 g/mol. The third-order valence-electron chi connectivity index (χ3n) is 5.34. The molecule has 27 heavy (non-hydrogen) atoms. The van der Waals surface area contributed by atoms with Gasteiger partial charge in [0.05, 0.1) is 0 Å². The number of amides is 2. The molecule has 2 heterocycles. The maximum atomic E-state index is 12.7. The Kier molecular flexibility index (Phi) is 7.92. The predicted molar refractivity (Wildman–Crippen MR) is 107 cm³/mol. The van der Waals surface area contributed by atoms with E-state index in [1.165, 1.54) is 0 Å². The highest BCUT2D eigenvalue weighted by Gasteiger charge is 2.31. The van der Waals surface area contributed by atoms with E-state index in [1.54, 1.807) is 6.92 Å². The first-order chi connectivity index (χ1) is 12.6. The smallest absolute Gasteiger partial charge is 0.263 e. The van der Waals surface area contributed by atoms with E-state index in [2.05, 4.69) is 5.32 Å². The summed E-state index contributed by atoms with van der Waals surface area (Å²) in [5, 5.41) is 3.29. The van der Waals surface area contributed by atoms with Crippen LogP contribution in [0.25, 0.3) is 0 Å². The van der Waals surface area contributed by atoms with Crippen LogP contribution in [0.4, 0.5) is 0 Å². The zero-order chi connectivity index (χ0) is 18.5. The Morgan fingerprint density at radius 1 is 1.07 bits per heavy atom. The van der Waals surface area contributed by atoms with Gasteiger partial charge in [0.25, 0.3) is 5.91 Å². The summed E-state index contributed by atoms with van der Waals surface area (Å²) in [5.41, 5.74) is 1.02. The largest absolute Gasteiger partial charge is 0.481 e. The molecule has 3 rings (SSSR count). The SMILES string of the molecule is Cc1ccccc1OC(C)C(=O)N1CCN(C(=O)C2CCNCC2)CC1.Cl. The fourth-order valence-electron chi connectivity index (χ4n) is 3.66. The molecule has 1 N–H and O–H groups in total. The Hall–Kier alpha value is -1.79. The number of piperidine rings is 1. The molecule has 0 aliphatic carbocycles. The molecule has 2 amide bonds. The van der Waals surface area contributed by atoms with Crippen LogP contribution >= 0.6 is 12.4 Å². The summed E-state index contributed by atoms with van der Waals surface area (Å²) in [4.78, 5) is 29.0. The van der Waals surface area contributed by atoms with Gasteiger partial charge in [0.1, 0.15) is 5.75 Å². The van der Waals surface area contributed by atoms with Crippen LogP contribution in [0.15, 0.2) is 24.3 Å². The molecule has 0 spiro atoms. The van der Waals surface area contributed by atoms with E-state index in [0.29, 0.717) is 26.2 Å². The van der Waals surface area contributed by atoms with Gasteiger partial charge in [-0.1, -0.05) is 18.2 Å². The fourth-order valence-corrected chi connectivity index (χ4v) is 3.66. The van der Waals surface area contributed by atoms with Crippen molar-refractivity contribution in [3.63, 3.8) is 0 Å². The van der Waals surface area contributed by atoms with Crippen LogP contribution in [0.3, 0.4) is 0 Å². The molecule has 0 radical (unpaired) electrons. The second kappa shape index (κ2) is 9.95. The Bertz CT molecular complexity index is 641. The molecular weight excluding hydrogens is 366 g/mol. The third kappa shape index (κ3) is 5.36. The molecule has 6 nitrogen and oxygen atoms in total. The topological polar surface area (TPSA) is 61.9 Å². The highest BCUT2D eigenvalue weighted by molar-refractivity contribution is 5.85. The van der Waals surface area contributed by atoms with Crippen LogP contribution in [0.5, 0.6) is 5.75 Å². The average Bonchev–Trinajstić information content (AvgIpc) is 2.69. The Labute approximate surface area is 167 Å². The molecule has 1 unspecified atom stereocenters. The van der Waals surface area contributed by atoms with Crippen LogP contribution in [-0.4, -0.2) is 67.0 Å². The summed E-state index contributed by atoms with van der Waals surface area (Å²) in [6, 6.07) is 7.71. The first kappa shape index (κ1) is 21.5. The standard InChI is InChI=1S/C20H29N3O3.ClH/c1-15-5-3-4-6-18(15)26-16(2)19(24)22-11-13-23(14-12-22)20(25)17-7-9-21-10-8-17;/h3-6,16-17,21H,7-14H2,1-2H3;1H. The Balaban J connectivity index is 0.00000261. The second-order valence-electron chi connectivity index (χ2n) is 7.20. The van der Waals surface area contributed by atoms with Crippen molar-refractivity contribution < 1.29 is 14.3 Å². The van der Waals surface area contributed by atoms with Crippen molar-refractivity contribution in [2.75, 3.05) is 39.3 Å². The lowest BCUT2D eigenvalue weighted by atomic mass is 9.96. The third-order valence-corrected chi connectivity index (χ3v) is 5.34. The van der Waals surface area contributed by atoms with Crippen molar-refractivity contribution >= 4 is 24.2 Å². The monoisotopic (exact) mass is 395 g/mol. The van der Waals surface area contributed by atoms with Crippen LogP contribution in [-0.2, 0) is 9.59 Å². The summed E-state index contributed by atoms with van der Waals surface area (Å²) >= 11 is 0. The minimum atomic E-state index is -0.525. The zero-order valence-corrected chi connectivity index (χ0v) is 17.0. The molecule has 7 heteroatoms. The van der Waals surface area contributed by atoms with E-state index in [-0.39, 0.29) is 30.1 Å². The van der Waals surface area contributed by atoms with Crippen LogP contribution in [0.2, 0.25) is 0 Å². The number of aryl methyl sites for hydroxylation is 1. The molecule has 0 aromatic heterocycles. The van der Waals surface area contributed by atoms with E-state index in [9.17, 15) is 9.59 Å². The normalized spacial score (nSPS) is 19.2. The van der Waals surface area contributed by atoms with Crippen molar-refractivity contribution in [2.45, 2.75) is 32.8 Å². The highest BCUT2D eigenvalue weighted by Crippen LogP contribution is 2.20. The minimum Gasteiger partial charge on any atom is -0.481 e. The summed E-state index contributed by atoms with van der Waals surface area (Å²) in [6.45, 7) is 8.00. The maximum absolute atomic E-state index is 12.7. The number of nitrogens with one attached hydrogen (secondary N) is 1. The molecule has 0 saturated carbocycles. The first-order valence-electron chi connectivity index (χ1n) is 9.57. The van der Waals surface area contributed by atoms with E-state index in [0.717, 1.165) is 37.2 Å². The van der Waals surface area contributed by atoms with Gasteiger partial charge in [0.15, 0.2) is 6.10 Å². The number of nitrogens with zero attached hydrogens (tertiary/aromatic N) is 2. The van der Waals surface area contributed by atoms with Crippen molar-refractivity contribution in [3.8, 4) is 5.75 Å². The lowest BCUT2D eigenvalue weighted by Gasteiger charge is -2.38. The summed E-state index contributed by atoms with van der Waals surface area (Å²) < 4.78 is 5.85. The summed E-state index contributed by atoms with van der Waals surface area (Å²) in [7, 11) is 0. The minimum absolute atomic E-state index is 0. The quantitative estimate of drug-likeness (QED) is 0.845. The molecule has 1 aromatic carbocycles. The van der Waals surface area contributed by atoms with Crippen LogP contribution in [0, 0.1) is 12.8 Å². The van der Waals surface area contributed by atoms with Crippen molar-refractivity contribution in [1.82, 2.24) is 15.1 Å².